The molecule has 3 aromatic heterocycles. The fourth-order valence-corrected chi connectivity index (χ4v) is 3.52. The Hall–Kier alpha value is -3.19. The lowest BCUT2D eigenvalue weighted by atomic mass is 10.2. The lowest BCUT2D eigenvalue weighted by molar-refractivity contribution is 0.0946. The second-order valence-corrected chi connectivity index (χ2v) is 6.53. The Morgan fingerprint density at radius 3 is 3.12 bits per heavy atom. The number of carbonyl (C=O) groups is 1. The molecule has 3 heterocycles. The van der Waals surface area contributed by atoms with Crippen molar-refractivity contribution in [1.82, 2.24) is 20.3 Å². The fraction of sp³-hybridized carbons (Fsp3) is 0.105. The van der Waals surface area contributed by atoms with Crippen molar-refractivity contribution >= 4 is 28.3 Å². The normalized spacial score (nSPS) is 10.8. The SMILES string of the molecule is COc1cccc(CNC(=O)c2csc(-c3c[nH]c4ncccc34)n2)c1. The molecule has 4 aromatic rings. The molecule has 1 amide bonds. The number of hydrogen-bond acceptors (Lipinski definition) is 5. The quantitative estimate of drug-likeness (QED) is 0.567. The molecule has 0 atom stereocenters. The standard InChI is InChI=1S/C19H16N4O2S/c1-25-13-5-2-4-12(8-13)9-22-18(24)16-11-26-19(23-16)15-10-21-17-14(15)6-3-7-20-17/h2-8,10-11H,9H2,1H3,(H,20,21)(H,22,24). The number of amides is 1. The number of nitrogens with one attached hydrogen (secondary N) is 2. The predicted molar refractivity (Wildman–Crippen MR) is 101 cm³/mol. The van der Waals surface area contributed by atoms with Crippen LogP contribution in [0, 0.1) is 0 Å². The molecule has 26 heavy (non-hydrogen) atoms. The topological polar surface area (TPSA) is 79.9 Å². The number of fused-ring (bicyclic) bond motifs is 1. The first kappa shape index (κ1) is 16.3. The molecule has 2 N–H and O–H groups in total. The van der Waals surface area contributed by atoms with Gasteiger partial charge < -0.3 is 15.0 Å². The summed E-state index contributed by atoms with van der Waals surface area (Å²) in [6, 6.07) is 11.5. The second kappa shape index (κ2) is 6.97. The first-order valence-corrected chi connectivity index (χ1v) is 8.91. The van der Waals surface area contributed by atoms with Gasteiger partial charge in [0.05, 0.1) is 7.11 Å². The van der Waals surface area contributed by atoms with Crippen LogP contribution in [0.4, 0.5) is 0 Å². The monoisotopic (exact) mass is 364 g/mol. The van der Waals surface area contributed by atoms with Crippen molar-refractivity contribution in [1.29, 1.82) is 0 Å². The Kier molecular flexibility index (Phi) is 4.37. The van der Waals surface area contributed by atoms with Crippen LogP contribution in [0.5, 0.6) is 5.75 Å². The first-order chi connectivity index (χ1) is 12.7. The van der Waals surface area contributed by atoms with E-state index in [0.29, 0.717) is 12.2 Å². The summed E-state index contributed by atoms with van der Waals surface area (Å²) in [6.45, 7) is 0.417. The van der Waals surface area contributed by atoms with Gasteiger partial charge >= 0.3 is 0 Å². The van der Waals surface area contributed by atoms with Gasteiger partial charge in [0.2, 0.25) is 0 Å². The number of aromatic amines is 1. The number of methoxy groups -OCH3 is 1. The largest absolute Gasteiger partial charge is 0.497 e. The van der Waals surface area contributed by atoms with E-state index in [0.717, 1.165) is 32.9 Å². The summed E-state index contributed by atoms with van der Waals surface area (Å²) in [5.41, 5.74) is 3.13. The summed E-state index contributed by atoms with van der Waals surface area (Å²) in [7, 11) is 1.62. The zero-order valence-electron chi connectivity index (χ0n) is 14.0. The lowest BCUT2D eigenvalue weighted by Crippen LogP contribution is -2.23. The second-order valence-electron chi connectivity index (χ2n) is 5.67. The number of ether oxygens (including phenoxy) is 1. The van der Waals surface area contributed by atoms with Gasteiger partial charge in [0.25, 0.3) is 5.91 Å². The van der Waals surface area contributed by atoms with Crippen molar-refractivity contribution in [2.24, 2.45) is 0 Å². The Balaban J connectivity index is 1.49. The third kappa shape index (κ3) is 3.16. The van der Waals surface area contributed by atoms with Crippen LogP contribution < -0.4 is 10.1 Å². The Morgan fingerprint density at radius 2 is 2.23 bits per heavy atom. The number of nitrogens with zero attached hydrogens (tertiary/aromatic N) is 2. The predicted octanol–water partition coefficient (Wildman–Crippen LogP) is 3.63. The van der Waals surface area contributed by atoms with E-state index in [1.807, 2.05) is 42.6 Å². The van der Waals surface area contributed by atoms with Gasteiger partial charge in [-0.25, -0.2) is 9.97 Å². The summed E-state index contributed by atoms with van der Waals surface area (Å²) in [5, 5.41) is 6.44. The maximum atomic E-state index is 12.4. The Labute approximate surface area is 153 Å². The minimum Gasteiger partial charge on any atom is -0.497 e. The van der Waals surface area contributed by atoms with Gasteiger partial charge in [-0.05, 0) is 29.8 Å². The van der Waals surface area contributed by atoms with Crippen molar-refractivity contribution < 1.29 is 9.53 Å². The number of pyridine rings is 1. The molecule has 130 valence electrons. The number of rotatable bonds is 5. The zero-order chi connectivity index (χ0) is 17.9. The maximum absolute atomic E-state index is 12.4. The minimum absolute atomic E-state index is 0.201. The van der Waals surface area contributed by atoms with Gasteiger partial charge in [0.1, 0.15) is 22.1 Å². The van der Waals surface area contributed by atoms with Crippen LogP contribution in [0.15, 0.2) is 54.2 Å². The van der Waals surface area contributed by atoms with E-state index >= 15 is 0 Å². The van der Waals surface area contributed by atoms with Crippen LogP contribution in [0.25, 0.3) is 21.6 Å². The number of hydrogen-bond donors (Lipinski definition) is 2. The van der Waals surface area contributed by atoms with Crippen molar-refractivity contribution in [3.8, 4) is 16.3 Å². The molecule has 4 rings (SSSR count). The van der Waals surface area contributed by atoms with Crippen LogP contribution in [-0.2, 0) is 6.54 Å². The molecule has 0 saturated heterocycles. The van der Waals surface area contributed by atoms with E-state index in [1.165, 1.54) is 11.3 Å². The smallest absolute Gasteiger partial charge is 0.271 e. The maximum Gasteiger partial charge on any atom is 0.271 e. The number of H-pyrrole nitrogens is 1. The van der Waals surface area contributed by atoms with Gasteiger partial charge in [-0.2, -0.15) is 0 Å². The summed E-state index contributed by atoms with van der Waals surface area (Å²) in [6.07, 6.45) is 3.61. The van der Waals surface area contributed by atoms with Crippen molar-refractivity contribution in [3.63, 3.8) is 0 Å². The number of aromatic nitrogens is 3. The molecule has 6 nitrogen and oxygen atoms in total. The highest BCUT2D eigenvalue weighted by molar-refractivity contribution is 7.13. The molecule has 0 saturated carbocycles. The van der Waals surface area contributed by atoms with Crippen LogP contribution >= 0.6 is 11.3 Å². The molecular formula is C19H16N4O2S. The highest BCUT2D eigenvalue weighted by atomic mass is 32.1. The third-order valence-corrected chi connectivity index (χ3v) is 4.88. The Bertz CT molecular complexity index is 1070. The van der Waals surface area contributed by atoms with Gasteiger partial charge in [0.15, 0.2) is 0 Å². The molecule has 0 radical (unpaired) electrons. The molecule has 0 aliphatic carbocycles. The van der Waals surface area contributed by atoms with Crippen LogP contribution in [-0.4, -0.2) is 28.0 Å². The fourth-order valence-electron chi connectivity index (χ4n) is 2.69. The molecule has 0 spiro atoms. The van der Waals surface area contributed by atoms with Crippen LogP contribution in [0.2, 0.25) is 0 Å². The lowest BCUT2D eigenvalue weighted by Gasteiger charge is -2.05. The molecule has 0 bridgehead atoms. The molecule has 0 fully saturated rings. The molecule has 7 heteroatoms. The molecule has 0 aliphatic heterocycles. The zero-order valence-corrected chi connectivity index (χ0v) is 14.8. The van der Waals surface area contributed by atoms with Gasteiger partial charge in [-0.1, -0.05) is 12.1 Å². The molecular weight excluding hydrogens is 348 g/mol. The molecule has 0 aliphatic rings. The number of benzene rings is 1. The van der Waals surface area contributed by atoms with Gasteiger partial charge in [-0.3, -0.25) is 4.79 Å². The summed E-state index contributed by atoms with van der Waals surface area (Å²) >= 11 is 1.44. The highest BCUT2D eigenvalue weighted by Gasteiger charge is 2.14. The van der Waals surface area contributed by atoms with Crippen molar-refractivity contribution in [2.75, 3.05) is 7.11 Å². The third-order valence-electron chi connectivity index (χ3n) is 4.01. The van der Waals surface area contributed by atoms with E-state index in [2.05, 4.69) is 20.3 Å². The highest BCUT2D eigenvalue weighted by Crippen LogP contribution is 2.30. The van der Waals surface area contributed by atoms with Crippen molar-refractivity contribution in [3.05, 3.63) is 65.4 Å². The summed E-state index contributed by atoms with van der Waals surface area (Å²) < 4.78 is 5.19. The Morgan fingerprint density at radius 1 is 1.31 bits per heavy atom. The first-order valence-electron chi connectivity index (χ1n) is 8.04. The van der Waals surface area contributed by atoms with Crippen LogP contribution in [0.1, 0.15) is 16.1 Å². The van der Waals surface area contributed by atoms with E-state index in [-0.39, 0.29) is 5.91 Å². The number of carbonyl (C=O) groups excluding carboxylic acids is 1. The van der Waals surface area contributed by atoms with E-state index in [1.54, 1.807) is 18.7 Å². The summed E-state index contributed by atoms with van der Waals surface area (Å²) in [4.78, 5) is 24.3. The minimum atomic E-state index is -0.201. The molecule has 1 aromatic carbocycles. The summed E-state index contributed by atoms with van der Waals surface area (Å²) in [5.74, 6) is 0.564. The van der Waals surface area contributed by atoms with Gasteiger partial charge in [0, 0.05) is 35.3 Å². The van der Waals surface area contributed by atoms with Crippen molar-refractivity contribution in [2.45, 2.75) is 6.54 Å². The van der Waals surface area contributed by atoms with E-state index < -0.39 is 0 Å². The van der Waals surface area contributed by atoms with Crippen LogP contribution in [0.3, 0.4) is 0 Å². The van der Waals surface area contributed by atoms with Gasteiger partial charge in [-0.15, -0.1) is 11.3 Å². The number of thiazole rings is 1. The van der Waals surface area contributed by atoms with E-state index in [9.17, 15) is 4.79 Å². The average molecular weight is 364 g/mol. The molecule has 0 unspecified atom stereocenters. The average Bonchev–Trinajstić information content (AvgIpc) is 3.33. The van der Waals surface area contributed by atoms with E-state index in [4.69, 9.17) is 4.74 Å².